The summed E-state index contributed by atoms with van der Waals surface area (Å²) in [6.07, 6.45) is 0. The lowest BCUT2D eigenvalue weighted by molar-refractivity contribution is 0.250. The van der Waals surface area contributed by atoms with E-state index in [1.54, 1.807) is 54.6 Å². The van der Waals surface area contributed by atoms with Crippen molar-refractivity contribution in [2.24, 2.45) is 0 Å². The lowest BCUT2D eigenvalue weighted by Gasteiger charge is -2.05. The highest BCUT2D eigenvalue weighted by molar-refractivity contribution is 6.30. The van der Waals surface area contributed by atoms with Gasteiger partial charge in [0, 0.05) is 22.3 Å². The molecular weight excluding hydrogens is 447 g/mol. The van der Waals surface area contributed by atoms with Crippen molar-refractivity contribution >= 4 is 34.4 Å². The fourth-order valence-electron chi connectivity index (χ4n) is 3.25. The van der Waals surface area contributed by atoms with E-state index in [1.807, 2.05) is 12.1 Å². The molecule has 3 aromatic carbocycles. The molecule has 5 aromatic rings. The van der Waals surface area contributed by atoms with Crippen molar-refractivity contribution in [2.75, 3.05) is 5.32 Å². The van der Waals surface area contributed by atoms with Gasteiger partial charge in [-0.3, -0.25) is 0 Å². The molecule has 0 unspecified atom stereocenters. The number of aromatic nitrogens is 2. The van der Waals surface area contributed by atoms with Crippen molar-refractivity contribution < 1.29 is 18.1 Å². The minimum absolute atomic E-state index is 0.149. The highest BCUT2D eigenvalue weighted by atomic mass is 35.5. The number of benzene rings is 3. The number of anilines is 1. The van der Waals surface area contributed by atoms with E-state index >= 15 is 0 Å². The number of amides is 2. The monoisotopic (exact) mass is 462 g/mol. The molecule has 33 heavy (non-hydrogen) atoms. The quantitative estimate of drug-likeness (QED) is 0.321. The number of oxazole rings is 1. The molecule has 9 heteroatoms. The van der Waals surface area contributed by atoms with Crippen LogP contribution < -0.4 is 10.6 Å². The van der Waals surface area contributed by atoms with E-state index in [2.05, 4.69) is 20.8 Å². The zero-order valence-electron chi connectivity index (χ0n) is 17.0. The SMILES string of the molecule is O=C(NCc1cc(-c2ccc(Cl)cc2)no1)Nc1ccc2oc(-c3ccccc3F)nc2c1. The van der Waals surface area contributed by atoms with Crippen LogP contribution in [0.5, 0.6) is 0 Å². The van der Waals surface area contributed by atoms with Gasteiger partial charge in [0.15, 0.2) is 11.3 Å². The average molecular weight is 463 g/mol. The van der Waals surface area contributed by atoms with Crippen LogP contribution in [0.3, 0.4) is 0 Å². The second kappa shape index (κ2) is 8.76. The Hall–Kier alpha value is -4.17. The molecule has 0 fully saturated rings. The molecule has 0 saturated heterocycles. The average Bonchev–Trinajstić information content (AvgIpc) is 3.45. The molecule has 0 aliphatic rings. The van der Waals surface area contributed by atoms with Crippen LogP contribution in [0, 0.1) is 5.82 Å². The number of nitrogens with one attached hydrogen (secondary N) is 2. The molecule has 164 valence electrons. The van der Waals surface area contributed by atoms with E-state index in [1.165, 1.54) is 6.07 Å². The number of hydrogen-bond acceptors (Lipinski definition) is 5. The standard InChI is InChI=1S/C24H16ClFN4O3/c25-15-7-5-14(6-8-15)20-12-17(33-30-20)13-27-24(31)28-16-9-10-22-21(11-16)29-23(32-22)18-3-1-2-4-19(18)26/h1-12H,13H2,(H2,27,28,31). The first-order valence-corrected chi connectivity index (χ1v) is 10.3. The second-order valence-electron chi connectivity index (χ2n) is 7.17. The molecule has 7 nitrogen and oxygen atoms in total. The van der Waals surface area contributed by atoms with Crippen molar-refractivity contribution in [2.45, 2.75) is 6.54 Å². The van der Waals surface area contributed by atoms with Gasteiger partial charge in [0.2, 0.25) is 5.89 Å². The van der Waals surface area contributed by atoms with Crippen LogP contribution in [0.4, 0.5) is 14.9 Å². The van der Waals surface area contributed by atoms with Crippen molar-refractivity contribution in [3.8, 4) is 22.7 Å². The summed E-state index contributed by atoms with van der Waals surface area (Å²) >= 11 is 5.90. The number of nitrogens with zero attached hydrogens (tertiary/aromatic N) is 2. The Balaban J connectivity index is 1.23. The maximum Gasteiger partial charge on any atom is 0.319 e. The number of urea groups is 1. The van der Waals surface area contributed by atoms with E-state index in [0.29, 0.717) is 33.3 Å². The molecule has 2 amide bonds. The topological polar surface area (TPSA) is 93.2 Å². The van der Waals surface area contributed by atoms with Gasteiger partial charge in [-0.05, 0) is 42.5 Å². The van der Waals surface area contributed by atoms with Gasteiger partial charge in [-0.15, -0.1) is 0 Å². The van der Waals surface area contributed by atoms with Crippen LogP contribution in [0.1, 0.15) is 5.76 Å². The van der Waals surface area contributed by atoms with Crippen molar-refractivity contribution in [3.63, 3.8) is 0 Å². The second-order valence-corrected chi connectivity index (χ2v) is 7.61. The van der Waals surface area contributed by atoms with E-state index in [4.69, 9.17) is 20.5 Å². The van der Waals surface area contributed by atoms with E-state index < -0.39 is 11.8 Å². The number of halogens is 2. The van der Waals surface area contributed by atoms with Gasteiger partial charge in [0.1, 0.15) is 17.0 Å². The molecule has 0 radical (unpaired) electrons. The minimum Gasteiger partial charge on any atom is -0.436 e. The Bertz CT molecular complexity index is 1450. The lowest BCUT2D eigenvalue weighted by Crippen LogP contribution is -2.27. The van der Waals surface area contributed by atoms with Gasteiger partial charge in [-0.2, -0.15) is 0 Å². The van der Waals surface area contributed by atoms with Crippen LogP contribution in [0.15, 0.2) is 81.7 Å². The first kappa shape index (κ1) is 20.7. The molecule has 0 aliphatic carbocycles. The maximum absolute atomic E-state index is 14.0. The zero-order chi connectivity index (χ0) is 22.8. The summed E-state index contributed by atoms with van der Waals surface area (Å²) in [5, 5.41) is 10.1. The first-order valence-electron chi connectivity index (χ1n) is 9.97. The first-order chi connectivity index (χ1) is 16.0. The molecule has 0 aliphatic heterocycles. The highest BCUT2D eigenvalue weighted by Gasteiger charge is 2.13. The van der Waals surface area contributed by atoms with E-state index in [0.717, 1.165) is 5.56 Å². The Morgan fingerprint density at radius 1 is 1.03 bits per heavy atom. The Labute approximate surface area is 192 Å². The number of carbonyl (C=O) groups excluding carboxylic acids is 1. The van der Waals surface area contributed by atoms with Gasteiger partial charge in [0.05, 0.1) is 12.1 Å². The third-order valence-corrected chi connectivity index (χ3v) is 5.12. The molecule has 0 atom stereocenters. The van der Waals surface area contributed by atoms with Crippen molar-refractivity contribution in [1.29, 1.82) is 0 Å². The zero-order valence-corrected chi connectivity index (χ0v) is 17.8. The normalized spacial score (nSPS) is 11.0. The molecule has 2 N–H and O–H groups in total. The number of rotatable bonds is 5. The van der Waals surface area contributed by atoms with Crippen LogP contribution in [0.2, 0.25) is 5.02 Å². The van der Waals surface area contributed by atoms with Gasteiger partial charge < -0.3 is 19.6 Å². The summed E-state index contributed by atoms with van der Waals surface area (Å²) in [6.45, 7) is 0.149. The fourth-order valence-corrected chi connectivity index (χ4v) is 3.38. The van der Waals surface area contributed by atoms with Gasteiger partial charge in [-0.1, -0.05) is 41.0 Å². The summed E-state index contributed by atoms with van der Waals surface area (Å²) < 4.78 is 24.9. The summed E-state index contributed by atoms with van der Waals surface area (Å²) in [6, 6.07) is 19.7. The molecule has 0 saturated carbocycles. The van der Waals surface area contributed by atoms with Crippen molar-refractivity contribution in [3.05, 3.63) is 89.4 Å². The predicted octanol–water partition coefficient (Wildman–Crippen LogP) is 6.26. The number of carbonyl (C=O) groups is 1. The molecule has 0 bridgehead atoms. The number of fused-ring (bicyclic) bond motifs is 1. The molecular formula is C24H16ClFN4O3. The summed E-state index contributed by atoms with van der Waals surface area (Å²) in [5.41, 5.74) is 3.25. The predicted molar refractivity (Wildman–Crippen MR) is 122 cm³/mol. The number of hydrogen-bond donors (Lipinski definition) is 2. The van der Waals surface area contributed by atoms with Gasteiger partial charge in [-0.25, -0.2) is 14.2 Å². The largest absolute Gasteiger partial charge is 0.436 e. The van der Waals surface area contributed by atoms with Crippen molar-refractivity contribution in [1.82, 2.24) is 15.5 Å². The fraction of sp³-hybridized carbons (Fsp3) is 0.0417. The third kappa shape index (κ3) is 4.56. The lowest BCUT2D eigenvalue weighted by atomic mass is 10.1. The minimum atomic E-state index is -0.434. The van der Waals surface area contributed by atoms with Gasteiger partial charge >= 0.3 is 6.03 Å². The van der Waals surface area contributed by atoms with Gasteiger partial charge in [0.25, 0.3) is 0 Å². The van der Waals surface area contributed by atoms with Crippen LogP contribution in [-0.4, -0.2) is 16.2 Å². The summed E-state index contributed by atoms with van der Waals surface area (Å²) in [7, 11) is 0. The van der Waals surface area contributed by atoms with E-state index in [9.17, 15) is 9.18 Å². The highest BCUT2D eigenvalue weighted by Crippen LogP contribution is 2.28. The Kier molecular flexibility index (Phi) is 5.50. The summed E-state index contributed by atoms with van der Waals surface area (Å²) in [4.78, 5) is 16.6. The molecule has 0 spiro atoms. The Morgan fingerprint density at radius 2 is 1.85 bits per heavy atom. The molecule has 5 rings (SSSR count). The third-order valence-electron chi connectivity index (χ3n) is 4.87. The smallest absolute Gasteiger partial charge is 0.319 e. The molecule has 2 heterocycles. The van der Waals surface area contributed by atoms with Crippen LogP contribution in [0.25, 0.3) is 33.8 Å². The maximum atomic E-state index is 14.0. The summed E-state index contributed by atoms with van der Waals surface area (Å²) in [5.74, 6) is 0.247. The van der Waals surface area contributed by atoms with Crippen LogP contribution >= 0.6 is 11.6 Å². The van der Waals surface area contributed by atoms with E-state index in [-0.39, 0.29) is 18.0 Å². The van der Waals surface area contributed by atoms with Crippen LogP contribution in [-0.2, 0) is 6.54 Å². The Morgan fingerprint density at radius 3 is 2.67 bits per heavy atom. The molecule has 2 aromatic heterocycles.